The van der Waals surface area contributed by atoms with Gasteiger partial charge in [0.2, 0.25) is 5.91 Å². The summed E-state index contributed by atoms with van der Waals surface area (Å²) < 4.78 is 0. The molecule has 0 bridgehead atoms. The monoisotopic (exact) mass is 325 g/mol. The Morgan fingerprint density at radius 3 is 1.92 bits per heavy atom. The Morgan fingerprint density at radius 2 is 1.28 bits per heavy atom. The van der Waals surface area contributed by atoms with Crippen LogP contribution in [0, 0.1) is 5.92 Å². The number of nitrogens with zero attached hydrogens (tertiary/aromatic N) is 1. The molecule has 3 aromatic carbocycles. The zero-order valence-corrected chi connectivity index (χ0v) is 13.8. The fourth-order valence-corrected chi connectivity index (χ4v) is 3.36. The lowest BCUT2D eigenvalue weighted by Crippen LogP contribution is -2.54. The molecule has 0 saturated carbocycles. The molecule has 0 radical (unpaired) electrons. The molecule has 122 valence electrons. The standard InChI is InChI=1S/C23H19NO/c25-23-21(17-16-18-10-4-1-5-11-18)22(19-12-6-2-7-13-19)24(23)20-14-8-3-9-15-20/h1-17,21-22H/b17-16+/t21-,22+/m0/s1. The van der Waals surface area contributed by atoms with Crippen molar-refractivity contribution in [2.45, 2.75) is 6.04 Å². The van der Waals surface area contributed by atoms with Gasteiger partial charge in [-0.2, -0.15) is 0 Å². The lowest BCUT2D eigenvalue weighted by molar-refractivity contribution is -0.128. The van der Waals surface area contributed by atoms with Crippen molar-refractivity contribution in [1.82, 2.24) is 0 Å². The van der Waals surface area contributed by atoms with Crippen LogP contribution in [0.15, 0.2) is 97.1 Å². The molecule has 4 rings (SSSR count). The van der Waals surface area contributed by atoms with E-state index in [9.17, 15) is 4.79 Å². The van der Waals surface area contributed by atoms with Gasteiger partial charge in [0.15, 0.2) is 0 Å². The first kappa shape index (κ1) is 15.4. The maximum atomic E-state index is 12.8. The average molecular weight is 325 g/mol. The smallest absolute Gasteiger partial charge is 0.236 e. The second-order valence-corrected chi connectivity index (χ2v) is 6.19. The zero-order valence-electron chi connectivity index (χ0n) is 13.8. The van der Waals surface area contributed by atoms with Crippen LogP contribution < -0.4 is 4.90 Å². The van der Waals surface area contributed by atoms with Gasteiger partial charge in [-0.25, -0.2) is 0 Å². The van der Waals surface area contributed by atoms with Crippen LogP contribution in [0.5, 0.6) is 0 Å². The third-order valence-electron chi connectivity index (χ3n) is 4.61. The van der Waals surface area contributed by atoms with Crippen molar-refractivity contribution in [1.29, 1.82) is 0 Å². The number of benzene rings is 3. The quantitative estimate of drug-likeness (QED) is 0.611. The van der Waals surface area contributed by atoms with Crippen molar-refractivity contribution in [2.75, 3.05) is 4.90 Å². The Bertz CT molecular complexity index is 872. The third kappa shape index (κ3) is 2.99. The predicted molar refractivity (Wildman–Crippen MR) is 102 cm³/mol. The number of carbonyl (C=O) groups excluding carboxylic acids is 1. The average Bonchev–Trinajstić information content (AvgIpc) is 2.68. The maximum absolute atomic E-state index is 12.8. The second kappa shape index (κ2) is 6.78. The van der Waals surface area contributed by atoms with Crippen LogP contribution in [-0.2, 0) is 4.79 Å². The molecule has 2 heteroatoms. The Labute approximate surface area is 148 Å². The van der Waals surface area contributed by atoms with Gasteiger partial charge in [-0.3, -0.25) is 4.79 Å². The van der Waals surface area contributed by atoms with Gasteiger partial charge in [-0.15, -0.1) is 0 Å². The van der Waals surface area contributed by atoms with Crippen LogP contribution in [0.4, 0.5) is 5.69 Å². The number of carbonyl (C=O) groups is 1. The molecule has 0 unspecified atom stereocenters. The summed E-state index contributed by atoms with van der Waals surface area (Å²) in [5.74, 6) is 0.00930. The van der Waals surface area contributed by atoms with E-state index in [2.05, 4.69) is 12.1 Å². The lowest BCUT2D eigenvalue weighted by atomic mass is 9.81. The van der Waals surface area contributed by atoms with Gasteiger partial charge >= 0.3 is 0 Å². The molecule has 2 atom stereocenters. The summed E-state index contributed by atoms with van der Waals surface area (Å²) >= 11 is 0. The molecule has 0 aromatic heterocycles. The Hall–Kier alpha value is -3.13. The van der Waals surface area contributed by atoms with Crippen LogP contribution in [0.25, 0.3) is 6.08 Å². The summed E-state index contributed by atoms with van der Waals surface area (Å²) in [6.07, 6.45) is 4.08. The first-order valence-electron chi connectivity index (χ1n) is 8.51. The minimum atomic E-state index is -0.136. The SMILES string of the molecule is O=C1[C@@H](/C=C/c2ccccc2)[C@@H](c2ccccc2)N1c1ccccc1. The highest BCUT2D eigenvalue weighted by molar-refractivity contribution is 6.04. The van der Waals surface area contributed by atoms with E-state index in [1.165, 1.54) is 0 Å². The zero-order chi connectivity index (χ0) is 17.1. The number of rotatable bonds is 4. The van der Waals surface area contributed by atoms with Crippen LogP contribution >= 0.6 is 0 Å². The van der Waals surface area contributed by atoms with E-state index >= 15 is 0 Å². The van der Waals surface area contributed by atoms with Crippen LogP contribution in [0.3, 0.4) is 0 Å². The van der Waals surface area contributed by atoms with Crippen molar-refractivity contribution in [3.05, 3.63) is 108 Å². The van der Waals surface area contributed by atoms with Crippen LogP contribution in [0.2, 0.25) is 0 Å². The maximum Gasteiger partial charge on any atom is 0.236 e. The lowest BCUT2D eigenvalue weighted by Gasteiger charge is -2.46. The fraction of sp³-hybridized carbons (Fsp3) is 0.0870. The predicted octanol–water partition coefficient (Wildman–Crippen LogP) is 5.10. The summed E-state index contributed by atoms with van der Waals surface area (Å²) in [6, 6.07) is 30.3. The molecule has 1 heterocycles. The van der Waals surface area contributed by atoms with Gasteiger partial charge in [-0.05, 0) is 23.3 Å². The highest BCUT2D eigenvalue weighted by Gasteiger charge is 2.47. The molecule has 0 spiro atoms. The van der Waals surface area contributed by atoms with Gasteiger partial charge in [0, 0.05) is 5.69 Å². The highest BCUT2D eigenvalue weighted by atomic mass is 16.2. The van der Waals surface area contributed by atoms with Gasteiger partial charge < -0.3 is 4.90 Å². The molecule has 1 saturated heterocycles. The molecule has 1 amide bonds. The highest BCUT2D eigenvalue weighted by Crippen LogP contribution is 2.44. The molecule has 1 fully saturated rings. The van der Waals surface area contributed by atoms with E-state index in [0.717, 1.165) is 16.8 Å². The molecule has 0 aliphatic carbocycles. The number of para-hydroxylation sites is 1. The summed E-state index contributed by atoms with van der Waals surface area (Å²) in [7, 11) is 0. The molecule has 3 aromatic rings. The van der Waals surface area contributed by atoms with E-state index in [4.69, 9.17) is 0 Å². The molecule has 2 nitrogen and oxygen atoms in total. The molecule has 1 aliphatic rings. The van der Waals surface area contributed by atoms with E-state index in [1.54, 1.807) is 0 Å². The summed E-state index contributed by atoms with van der Waals surface area (Å²) in [5, 5.41) is 0. The van der Waals surface area contributed by atoms with E-state index in [0.29, 0.717) is 0 Å². The van der Waals surface area contributed by atoms with E-state index in [1.807, 2.05) is 95.9 Å². The minimum Gasteiger partial charge on any atom is -0.303 e. The Kier molecular flexibility index (Phi) is 4.17. The van der Waals surface area contributed by atoms with E-state index < -0.39 is 0 Å². The Morgan fingerprint density at radius 1 is 0.720 bits per heavy atom. The van der Waals surface area contributed by atoms with Gasteiger partial charge in [0.05, 0.1) is 12.0 Å². The number of hydrogen-bond acceptors (Lipinski definition) is 1. The second-order valence-electron chi connectivity index (χ2n) is 6.19. The van der Waals surface area contributed by atoms with Crippen molar-refractivity contribution < 1.29 is 4.79 Å². The fourth-order valence-electron chi connectivity index (χ4n) is 3.36. The number of anilines is 1. The number of β-lactam (4-membered cyclic amide) rings is 1. The molecule has 25 heavy (non-hydrogen) atoms. The number of hydrogen-bond donors (Lipinski definition) is 0. The first-order chi connectivity index (χ1) is 12.3. The van der Waals surface area contributed by atoms with Crippen LogP contribution in [0.1, 0.15) is 17.2 Å². The summed E-state index contributed by atoms with van der Waals surface area (Å²) in [4.78, 5) is 14.7. The van der Waals surface area contributed by atoms with Crippen LogP contribution in [-0.4, -0.2) is 5.91 Å². The van der Waals surface area contributed by atoms with Crippen molar-refractivity contribution in [3.63, 3.8) is 0 Å². The molecular weight excluding hydrogens is 306 g/mol. The summed E-state index contributed by atoms with van der Waals surface area (Å²) in [5.41, 5.74) is 3.22. The third-order valence-corrected chi connectivity index (χ3v) is 4.61. The largest absolute Gasteiger partial charge is 0.303 e. The van der Waals surface area contributed by atoms with E-state index in [-0.39, 0.29) is 17.9 Å². The topological polar surface area (TPSA) is 20.3 Å². The first-order valence-corrected chi connectivity index (χ1v) is 8.51. The van der Waals surface area contributed by atoms with Gasteiger partial charge in [-0.1, -0.05) is 91.0 Å². The number of amides is 1. The van der Waals surface area contributed by atoms with Gasteiger partial charge in [0.1, 0.15) is 0 Å². The van der Waals surface area contributed by atoms with Crippen molar-refractivity contribution >= 4 is 17.7 Å². The van der Waals surface area contributed by atoms with Crippen molar-refractivity contribution in [3.8, 4) is 0 Å². The van der Waals surface area contributed by atoms with Crippen molar-refractivity contribution in [2.24, 2.45) is 5.92 Å². The Balaban J connectivity index is 1.67. The minimum absolute atomic E-state index is 0.0380. The normalized spacial score (nSPS) is 19.8. The van der Waals surface area contributed by atoms with Gasteiger partial charge in [0.25, 0.3) is 0 Å². The molecule has 1 aliphatic heterocycles. The summed E-state index contributed by atoms with van der Waals surface area (Å²) in [6.45, 7) is 0. The molecular formula is C23H19NO. The molecule has 0 N–H and O–H groups in total.